The molecule has 0 fully saturated rings. The summed E-state index contributed by atoms with van der Waals surface area (Å²) in [5.74, 6) is 0. The smallest absolute Gasteiger partial charge is 0.168 e. The van der Waals surface area contributed by atoms with Crippen LogP contribution >= 0.6 is 23.4 Å². The van der Waals surface area contributed by atoms with E-state index >= 15 is 0 Å². The largest absolute Gasteiger partial charge is 0.325 e. The zero-order valence-electron chi connectivity index (χ0n) is 7.93. The third-order valence-corrected chi connectivity index (χ3v) is 3.61. The van der Waals surface area contributed by atoms with Crippen LogP contribution < -0.4 is 0 Å². The van der Waals surface area contributed by atoms with Crippen LogP contribution in [0.4, 0.5) is 0 Å². The van der Waals surface area contributed by atoms with Gasteiger partial charge < -0.3 is 4.90 Å². The molecule has 0 saturated carbocycles. The maximum atomic E-state index is 5.85. The van der Waals surface area contributed by atoms with Crippen molar-refractivity contribution in [3.05, 3.63) is 46.5 Å². The number of hydrogen-bond donors (Lipinski definition) is 0. The molecule has 2 aliphatic heterocycles. The van der Waals surface area contributed by atoms with Gasteiger partial charge in [0.1, 0.15) is 0 Å². The molecule has 0 aromatic heterocycles. The predicted molar refractivity (Wildman–Crippen MR) is 65.1 cm³/mol. The van der Waals surface area contributed by atoms with Gasteiger partial charge in [0, 0.05) is 11.2 Å². The molecule has 0 aliphatic carbocycles. The van der Waals surface area contributed by atoms with Crippen LogP contribution in [0.5, 0.6) is 0 Å². The Labute approximate surface area is 97.6 Å². The van der Waals surface area contributed by atoms with Crippen molar-refractivity contribution in [2.75, 3.05) is 6.54 Å². The van der Waals surface area contributed by atoms with Crippen molar-refractivity contribution in [3.8, 4) is 0 Å². The Morgan fingerprint density at radius 1 is 1.33 bits per heavy atom. The van der Waals surface area contributed by atoms with E-state index in [1.165, 1.54) is 5.56 Å². The summed E-state index contributed by atoms with van der Waals surface area (Å²) in [7, 11) is 0. The van der Waals surface area contributed by atoms with E-state index in [2.05, 4.69) is 21.5 Å². The van der Waals surface area contributed by atoms with Crippen molar-refractivity contribution in [3.63, 3.8) is 0 Å². The lowest BCUT2D eigenvalue weighted by atomic mass is 10.1. The number of hydrogen-bond acceptors (Lipinski definition) is 3. The van der Waals surface area contributed by atoms with Gasteiger partial charge in [-0.3, -0.25) is 4.99 Å². The first-order chi connectivity index (χ1) is 7.33. The number of nitrogens with zero attached hydrogens (tertiary/aromatic N) is 2. The molecule has 0 spiro atoms. The minimum atomic E-state index is 0.259. The lowest BCUT2D eigenvalue weighted by Gasteiger charge is -2.10. The van der Waals surface area contributed by atoms with E-state index in [9.17, 15) is 0 Å². The average Bonchev–Trinajstić information content (AvgIpc) is 2.78. The highest BCUT2D eigenvalue weighted by molar-refractivity contribution is 8.16. The van der Waals surface area contributed by atoms with Gasteiger partial charge in [0.2, 0.25) is 0 Å². The van der Waals surface area contributed by atoms with Crippen LogP contribution in [0.3, 0.4) is 0 Å². The van der Waals surface area contributed by atoms with Gasteiger partial charge in [0.25, 0.3) is 0 Å². The summed E-state index contributed by atoms with van der Waals surface area (Å²) in [4.78, 5) is 6.83. The Morgan fingerprint density at radius 3 is 2.87 bits per heavy atom. The van der Waals surface area contributed by atoms with Gasteiger partial charge in [0.05, 0.1) is 12.6 Å². The van der Waals surface area contributed by atoms with Gasteiger partial charge in [0.15, 0.2) is 5.17 Å². The summed E-state index contributed by atoms with van der Waals surface area (Å²) in [6.45, 7) is 0.945. The van der Waals surface area contributed by atoms with Crippen LogP contribution in [0.25, 0.3) is 0 Å². The summed E-state index contributed by atoms with van der Waals surface area (Å²) >= 11 is 7.54. The zero-order valence-corrected chi connectivity index (χ0v) is 9.50. The van der Waals surface area contributed by atoms with Crippen LogP contribution in [-0.2, 0) is 0 Å². The number of benzene rings is 1. The molecule has 76 valence electrons. The van der Waals surface area contributed by atoms with Gasteiger partial charge in [-0.2, -0.15) is 0 Å². The van der Waals surface area contributed by atoms with E-state index in [4.69, 9.17) is 11.6 Å². The maximum Gasteiger partial charge on any atom is 0.168 e. The van der Waals surface area contributed by atoms with E-state index in [1.54, 1.807) is 11.8 Å². The van der Waals surface area contributed by atoms with Crippen LogP contribution in [-0.4, -0.2) is 16.6 Å². The van der Waals surface area contributed by atoms with Crippen molar-refractivity contribution in [2.24, 2.45) is 4.99 Å². The van der Waals surface area contributed by atoms with E-state index in [-0.39, 0.29) is 6.04 Å². The lowest BCUT2D eigenvalue weighted by molar-refractivity contribution is 0.558. The highest BCUT2D eigenvalue weighted by atomic mass is 35.5. The fourth-order valence-corrected chi connectivity index (χ4v) is 2.68. The summed E-state index contributed by atoms with van der Waals surface area (Å²) < 4.78 is 0. The first-order valence-electron chi connectivity index (χ1n) is 4.76. The molecule has 2 aliphatic rings. The Morgan fingerprint density at radius 2 is 2.13 bits per heavy atom. The van der Waals surface area contributed by atoms with Crippen molar-refractivity contribution in [1.29, 1.82) is 0 Å². The third-order valence-electron chi connectivity index (χ3n) is 2.55. The van der Waals surface area contributed by atoms with Crippen molar-refractivity contribution < 1.29 is 0 Å². The number of halogens is 1. The summed E-state index contributed by atoms with van der Waals surface area (Å²) in [6, 6.07) is 8.20. The van der Waals surface area contributed by atoms with Gasteiger partial charge in [-0.05, 0) is 23.1 Å². The highest BCUT2D eigenvalue weighted by Gasteiger charge is 2.27. The lowest BCUT2D eigenvalue weighted by Crippen LogP contribution is -2.15. The SMILES string of the molecule is Clc1ccc(C2CN3C=CSC3=N2)cc1. The average molecular weight is 237 g/mol. The first kappa shape index (κ1) is 9.31. The second-order valence-electron chi connectivity index (χ2n) is 3.53. The Hall–Kier alpha value is -0.930. The molecule has 2 nitrogen and oxygen atoms in total. The molecular weight excluding hydrogens is 228 g/mol. The van der Waals surface area contributed by atoms with Gasteiger partial charge >= 0.3 is 0 Å². The fourth-order valence-electron chi connectivity index (χ4n) is 1.77. The molecule has 0 saturated heterocycles. The maximum absolute atomic E-state index is 5.85. The third kappa shape index (κ3) is 1.66. The van der Waals surface area contributed by atoms with Crippen molar-refractivity contribution in [1.82, 2.24) is 4.90 Å². The van der Waals surface area contributed by atoms with Crippen LogP contribution in [0.15, 0.2) is 40.9 Å². The molecule has 15 heavy (non-hydrogen) atoms. The molecule has 3 rings (SSSR count). The summed E-state index contributed by atoms with van der Waals surface area (Å²) in [5, 5.41) is 3.95. The number of aliphatic imine (C=N–C) groups is 1. The molecule has 0 N–H and O–H groups in total. The second kappa shape index (κ2) is 3.58. The van der Waals surface area contributed by atoms with Crippen molar-refractivity contribution >= 4 is 28.5 Å². The monoisotopic (exact) mass is 236 g/mol. The molecule has 0 bridgehead atoms. The summed E-state index contributed by atoms with van der Waals surface area (Å²) in [6.07, 6.45) is 2.08. The van der Waals surface area contributed by atoms with E-state index < -0.39 is 0 Å². The molecule has 0 amide bonds. The number of fused-ring (bicyclic) bond motifs is 1. The molecule has 4 heteroatoms. The fraction of sp³-hybridized carbons (Fsp3) is 0.182. The number of amidine groups is 1. The molecule has 2 heterocycles. The zero-order chi connectivity index (χ0) is 10.3. The molecular formula is C11H9ClN2S. The molecule has 1 aromatic carbocycles. The van der Waals surface area contributed by atoms with Gasteiger partial charge in [-0.15, -0.1) is 0 Å². The predicted octanol–water partition coefficient (Wildman–Crippen LogP) is 3.27. The Bertz CT molecular complexity index is 438. The van der Waals surface area contributed by atoms with Gasteiger partial charge in [-0.1, -0.05) is 35.5 Å². The molecule has 1 unspecified atom stereocenters. The van der Waals surface area contributed by atoms with Crippen LogP contribution in [0, 0.1) is 0 Å². The Kier molecular flexibility index (Phi) is 2.22. The molecule has 1 aromatic rings. The van der Waals surface area contributed by atoms with Crippen molar-refractivity contribution in [2.45, 2.75) is 6.04 Å². The van der Waals surface area contributed by atoms with E-state index in [0.717, 1.165) is 16.7 Å². The standard InChI is InChI=1S/C11H9ClN2S/c12-9-3-1-8(2-4-9)10-7-14-5-6-15-11(14)13-10/h1-6,10H,7H2. The first-order valence-corrected chi connectivity index (χ1v) is 6.02. The Balaban J connectivity index is 1.86. The molecule has 1 atom stereocenters. The molecule has 0 radical (unpaired) electrons. The van der Waals surface area contributed by atoms with E-state index in [0.29, 0.717) is 0 Å². The summed E-state index contributed by atoms with van der Waals surface area (Å²) in [5.41, 5.74) is 1.23. The normalized spacial score (nSPS) is 23.1. The highest BCUT2D eigenvalue weighted by Crippen LogP contribution is 2.33. The second-order valence-corrected chi connectivity index (χ2v) is 4.84. The van der Waals surface area contributed by atoms with Gasteiger partial charge in [-0.25, -0.2) is 0 Å². The quantitative estimate of drug-likeness (QED) is 0.744. The van der Waals surface area contributed by atoms with Crippen LogP contribution in [0.1, 0.15) is 11.6 Å². The minimum absolute atomic E-state index is 0.259. The van der Waals surface area contributed by atoms with E-state index in [1.807, 2.05) is 24.3 Å². The van der Waals surface area contributed by atoms with Crippen LogP contribution in [0.2, 0.25) is 5.02 Å². The topological polar surface area (TPSA) is 15.6 Å². The minimum Gasteiger partial charge on any atom is -0.325 e. The number of rotatable bonds is 1. The number of thioether (sulfide) groups is 1.